The van der Waals surface area contributed by atoms with Gasteiger partial charge in [0.15, 0.2) is 0 Å². The quantitative estimate of drug-likeness (QED) is 0.615. The van der Waals surface area contributed by atoms with Gasteiger partial charge in [-0.2, -0.15) is 0 Å². The summed E-state index contributed by atoms with van der Waals surface area (Å²) in [5.74, 6) is 0.458. The molecule has 6 nitrogen and oxygen atoms in total. The number of nitrogens with zero attached hydrogens (tertiary/aromatic N) is 2. The minimum atomic E-state index is 0.00852. The third-order valence-corrected chi connectivity index (χ3v) is 6.41. The van der Waals surface area contributed by atoms with Crippen molar-refractivity contribution in [1.29, 1.82) is 0 Å². The highest BCUT2D eigenvalue weighted by Gasteiger charge is 2.22. The predicted octanol–water partition coefficient (Wildman–Crippen LogP) is 3.67. The Kier molecular flexibility index (Phi) is 7.83. The van der Waals surface area contributed by atoms with Crippen LogP contribution in [0.25, 0.3) is 10.9 Å². The van der Waals surface area contributed by atoms with E-state index in [2.05, 4.69) is 5.32 Å². The van der Waals surface area contributed by atoms with Crippen LogP contribution in [0.15, 0.2) is 35.4 Å². The van der Waals surface area contributed by atoms with Gasteiger partial charge in [-0.1, -0.05) is 18.2 Å². The number of benzene rings is 1. The van der Waals surface area contributed by atoms with Crippen molar-refractivity contribution in [1.82, 2.24) is 14.8 Å². The number of amides is 2. The maximum atomic E-state index is 12.9. The van der Waals surface area contributed by atoms with Crippen LogP contribution in [0.3, 0.4) is 0 Å². The molecule has 2 amide bonds. The Labute approximate surface area is 183 Å². The summed E-state index contributed by atoms with van der Waals surface area (Å²) < 4.78 is 7.56. The highest BCUT2D eigenvalue weighted by atomic mass is 32.2. The smallest absolute Gasteiger partial charge is 0.242 e. The van der Waals surface area contributed by atoms with Gasteiger partial charge in [-0.05, 0) is 46.6 Å². The lowest BCUT2D eigenvalue weighted by molar-refractivity contribution is -0.135. The molecule has 1 atom stereocenters. The molecule has 0 unspecified atom stereocenters. The van der Waals surface area contributed by atoms with Crippen molar-refractivity contribution in [3.63, 3.8) is 0 Å². The number of ether oxygens (including phenoxy) is 1. The second-order valence-corrected chi connectivity index (χ2v) is 9.37. The van der Waals surface area contributed by atoms with E-state index in [1.165, 1.54) is 11.8 Å². The minimum absolute atomic E-state index is 0.00852. The van der Waals surface area contributed by atoms with Crippen LogP contribution in [-0.2, 0) is 20.9 Å². The fraction of sp³-hybridized carbons (Fsp3) is 0.565. The molecule has 1 N–H and O–H groups in total. The van der Waals surface area contributed by atoms with E-state index in [4.69, 9.17) is 4.74 Å². The van der Waals surface area contributed by atoms with Gasteiger partial charge in [0.2, 0.25) is 11.8 Å². The second kappa shape index (κ2) is 10.4. The fourth-order valence-electron chi connectivity index (χ4n) is 4.09. The molecule has 1 fully saturated rings. The summed E-state index contributed by atoms with van der Waals surface area (Å²) in [5.41, 5.74) is 1.01. The van der Waals surface area contributed by atoms with Gasteiger partial charge in [0.05, 0.1) is 11.9 Å². The molecule has 0 aliphatic carbocycles. The van der Waals surface area contributed by atoms with Crippen molar-refractivity contribution >= 4 is 34.5 Å². The van der Waals surface area contributed by atoms with Gasteiger partial charge in [-0.15, -0.1) is 11.8 Å². The Bertz CT molecular complexity index is 864. The lowest BCUT2D eigenvalue weighted by atomic mass is 10.2. The van der Waals surface area contributed by atoms with Gasteiger partial charge in [-0.25, -0.2) is 0 Å². The lowest BCUT2D eigenvalue weighted by Crippen LogP contribution is -2.43. The van der Waals surface area contributed by atoms with Crippen LogP contribution in [-0.4, -0.2) is 58.4 Å². The molecule has 1 aliphatic rings. The first-order valence-electron chi connectivity index (χ1n) is 10.8. The Balaban J connectivity index is 1.67. The lowest BCUT2D eigenvalue weighted by Gasteiger charge is -2.31. The zero-order chi connectivity index (χ0) is 21.7. The summed E-state index contributed by atoms with van der Waals surface area (Å²) >= 11 is 1.51. The van der Waals surface area contributed by atoms with Crippen molar-refractivity contribution in [3.8, 4) is 0 Å². The Morgan fingerprint density at radius 2 is 1.97 bits per heavy atom. The number of nitrogens with one attached hydrogen (secondary N) is 1. The predicted molar refractivity (Wildman–Crippen MR) is 122 cm³/mol. The van der Waals surface area contributed by atoms with Crippen molar-refractivity contribution in [2.45, 2.75) is 70.2 Å². The van der Waals surface area contributed by atoms with Crippen LogP contribution in [0.5, 0.6) is 0 Å². The normalized spacial score (nSPS) is 16.5. The minimum Gasteiger partial charge on any atom is -0.376 e. The van der Waals surface area contributed by atoms with Crippen LogP contribution in [0.1, 0.15) is 40.5 Å². The number of carbonyl (C=O) groups is 2. The molecule has 1 saturated heterocycles. The van der Waals surface area contributed by atoms with Crippen LogP contribution in [0.2, 0.25) is 0 Å². The summed E-state index contributed by atoms with van der Waals surface area (Å²) in [6.45, 7) is 9.84. The summed E-state index contributed by atoms with van der Waals surface area (Å²) in [5, 5.41) is 4.04. The topological polar surface area (TPSA) is 63.6 Å². The van der Waals surface area contributed by atoms with Crippen molar-refractivity contribution < 1.29 is 14.3 Å². The number of hydrogen-bond donors (Lipinski definition) is 1. The molecule has 1 aliphatic heterocycles. The average molecular weight is 432 g/mol. The molecule has 0 bridgehead atoms. The molecule has 30 heavy (non-hydrogen) atoms. The van der Waals surface area contributed by atoms with E-state index in [-0.39, 0.29) is 30.0 Å². The van der Waals surface area contributed by atoms with Crippen LogP contribution in [0, 0.1) is 0 Å². The molecule has 3 rings (SSSR count). The maximum Gasteiger partial charge on any atom is 0.242 e. The zero-order valence-electron chi connectivity index (χ0n) is 18.4. The average Bonchev–Trinajstić information content (AvgIpc) is 3.32. The molecular formula is C23H33N3O3S. The Morgan fingerprint density at radius 3 is 2.63 bits per heavy atom. The molecule has 2 heterocycles. The fourth-order valence-corrected chi connectivity index (χ4v) is 5.00. The van der Waals surface area contributed by atoms with Crippen molar-refractivity contribution in [2.24, 2.45) is 0 Å². The summed E-state index contributed by atoms with van der Waals surface area (Å²) in [6.07, 6.45) is 4.23. The molecule has 1 aromatic heterocycles. The molecule has 2 aromatic rings. The molecule has 7 heteroatoms. The van der Waals surface area contributed by atoms with Crippen molar-refractivity contribution in [3.05, 3.63) is 30.5 Å². The third kappa shape index (κ3) is 5.58. The Morgan fingerprint density at radius 1 is 1.23 bits per heavy atom. The van der Waals surface area contributed by atoms with Gasteiger partial charge in [0.1, 0.15) is 6.54 Å². The number of para-hydroxylation sites is 1. The molecular weight excluding hydrogens is 398 g/mol. The zero-order valence-corrected chi connectivity index (χ0v) is 19.2. The van der Waals surface area contributed by atoms with E-state index < -0.39 is 0 Å². The van der Waals surface area contributed by atoms with Crippen LogP contribution < -0.4 is 5.32 Å². The van der Waals surface area contributed by atoms with Crippen LogP contribution >= 0.6 is 11.8 Å². The maximum absolute atomic E-state index is 12.9. The SMILES string of the molecule is CC(C)N(C(=O)Cn1cc(SCC(=O)NC[C@H]2CCCO2)c2ccccc21)C(C)C. The van der Waals surface area contributed by atoms with Gasteiger partial charge in [0, 0.05) is 47.2 Å². The summed E-state index contributed by atoms with van der Waals surface area (Å²) in [6, 6.07) is 8.35. The van der Waals surface area contributed by atoms with E-state index in [9.17, 15) is 9.59 Å². The number of hydrogen-bond acceptors (Lipinski definition) is 4. The summed E-state index contributed by atoms with van der Waals surface area (Å²) in [7, 11) is 0. The van der Waals surface area contributed by atoms with Crippen LogP contribution in [0.4, 0.5) is 0 Å². The summed E-state index contributed by atoms with van der Waals surface area (Å²) in [4.78, 5) is 28.2. The highest BCUT2D eigenvalue weighted by Crippen LogP contribution is 2.30. The number of carbonyl (C=O) groups excluding carboxylic acids is 2. The van der Waals surface area contributed by atoms with E-state index in [0.717, 1.165) is 35.2 Å². The van der Waals surface area contributed by atoms with Gasteiger partial charge < -0.3 is 19.5 Å². The first-order valence-corrected chi connectivity index (χ1v) is 11.8. The monoisotopic (exact) mass is 431 g/mol. The molecule has 0 spiro atoms. The third-order valence-electron chi connectivity index (χ3n) is 5.37. The Hall–Kier alpha value is -1.99. The van der Waals surface area contributed by atoms with E-state index in [0.29, 0.717) is 18.8 Å². The standard InChI is InChI=1S/C23H33N3O3S/c1-16(2)26(17(3)4)23(28)14-25-13-21(19-9-5-6-10-20(19)25)30-15-22(27)24-12-18-8-7-11-29-18/h5-6,9-10,13,16-18H,7-8,11-12,14-15H2,1-4H3,(H,24,27)/t18-/m1/s1. The van der Waals surface area contributed by atoms with E-state index in [1.54, 1.807) is 0 Å². The number of aromatic nitrogens is 1. The number of rotatable bonds is 9. The molecule has 164 valence electrons. The largest absolute Gasteiger partial charge is 0.376 e. The molecule has 0 radical (unpaired) electrons. The first-order chi connectivity index (χ1) is 14.4. The highest BCUT2D eigenvalue weighted by molar-refractivity contribution is 8.00. The van der Waals surface area contributed by atoms with Gasteiger partial charge in [0.25, 0.3) is 0 Å². The number of fused-ring (bicyclic) bond motifs is 1. The second-order valence-electron chi connectivity index (χ2n) is 8.35. The van der Waals surface area contributed by atoms with Gasteiger partial charge in [-0.3, -0.25) is 9.59 Å². The number of thioether (sulfide) groups is 1. The first kappa shape index (κ1) is 22.7. The van der Waals surface area contributed by atoms with E-state index >= 15 is 0 Å². The van der Waals surface area contributed by atoms with E-state index in [1.807, 2.05) is 67.6 Å². The molecule has 0 saturated carbocycles. The van der Waals surface area contributed by atoms with Crippen molar-refractivity contribution in [2.75, 3.05) is 18.9 Å². The molecule has 1 aromatic carbocycles. The van der Waals surface area contributed by atoms with Gasteiger partial charge >= 0.3 is 0 Å².